The minimum atomic E-state index is -1.13. The van der Waals surface area contributed by atoms with Gasteiger partial charge in [-0.3, -0.25) is 0 Å². The number of benzene rings is 2. The summed E-state index contributed by atoms with van der Waals surface area (Å²) in [6, 6.07) is 13.9. The summed E-state index contributed by atoms with van der Waals surface area (Å²) in [6.45, 7) is 2.73. The molecule has 1 aliphatic rings. The van der Waals surface area contributed by atoms with Crippen molar-refractivity contribution in [2.24, 2.45) is 0 Å². The van der Waals surface area contributed by atoms with Gasteiger partial charge in [-0.1, -0.05) is 37.3 Å². The number of rotatable bonds is 3. The predicted octanol–water partition coefficient (Wildman–Crippen LogP) is 3.55. The molecule has 1 unspecified atom stereocenters. The van der Waals surface area contributed by atoms with Crippen LogP contribution in [-0.2, 0) is 17.6 Å². The molecule has 0 amide bonds. The third-order valence-electron chi connectivity index (χ3n) is 3.26. The molecule has 0 bridgehead atoms. The predicted molar refractivity (Wildman–Crippen MR) is 76.2 cm³/mol. The second-order valence-electron chi connectivity index (χ2n) is 4.65. The summed E-state index contributed by atoms with van der Waals surface area (Å²) in [5.74, 6) is 0.771. The van der Waals surface area contributed by atoms with Gasteiger partial charge in [-0.05, 0) is 18.6 Å². The van der Waals surface area contributed by atoms with Crippen LogP contribution in [0.15, 0.2) is 52.3 Å². The fourth-order valence-electron chi connectivity index (χ4n) is 2.38. The van der Waals surface area contributed by atoms with E-state index in [9.17, 15) is 4.55 Å². The Morgan fingerprint density at radius 3 is 2.74 bits per heavy atom. The summed E-state index contributed by atoms with van der Waals surface area (Å²) in [5.41, 5.74) is 2.27. The number of fused-ring (bicyclic) bond motifs is 2. The van der Waals surface area contributed by atoms with E-state index in [1.165, 1.54) is 0 Å². The van der Waals surface area contributed by atoms with E-state index in [1.807, 2.05) is 36.4 Å². The molecule has 0 saturated heterocycles. The Morgan fingerprint density at radius 2 is 1.89 bits per heavy atom. The summed E-state index contributed by atoms with van der Waals surface area (Å²) in [6.07, 6.45) is 1.79. The van der Waals surface area contributed by atoms with Crippen LogP contribution < -0.4 is 4.74 Å². The molecule has 3 rings (SSSR count). The molecular formula is C16H16O2S. The van der Waals surface area contributed by atoms with Crippen LogP contribution in [0.25, 0.3) is 0 Å². The van der Waals surface area contributed by atoms with E-state index in [0.29, 0.717) is 6.61 Å². The van der Waals surface area contributed by atoms with E-state index < -0.39 is 11.2 Å². The van der Waals surface area contributed by atoms with Crippen LogP contribution in [0.1, 0.15) is 24.5 Å². The second kappa shape index (κ2) is 5.27. The number of hydrogen-bond donors (Lipinski definition) is 0. The highest BCUT2D eigenvalue weighted by Crippen LogP contribution is 2.39. The third kappa shape index (κ3) is 2.24. The van der Waals surface area contributed by atoms with Gasteiger partial charge in [0.05, 0.1) is 6.61 Å². The molecule has 0 N–H and O–H groups in total. The molecule has 3 heteroatoms. The Morgan fingerprint density at radius 1 is 1.11 bits per heavy atom. The minimum Gasteiger partial charge on any atom is -0.606 e. The van der Waals surface area contributed by atoms with Gasteiger partial charge in [0.15, 0.2) is 10.6 Å². The zero-order chi connectivity index (χ0) is 13.2. The average molecular weight is 272 g/mol. The van der Waals surface area contributed by atoms with Crippen molar-refractivity contribution in [2.75, 3.05) is 6.61 Å². The molecule has 19 heavy (non-hydrogen) atoms. The summed E-state index contributed by atoms with van der Waals surface area (Å²) in [5, 5.41) is 0. The van der Waals surface area contributed by atoms with Crippen molar-refractivity contribution in [3.63, 3.8) is 0 Å². The van der Waals surface area contributed by atoms with Crippen molar-refractivity contribution in [1.82, 2.24) is 0 Å². The molecule has 0 radical (unpaired) electrons. The molecule has 1 aliphatic heterocycles. The van der Waals surface area contributed by atoms with Crippen LogP contribution in [0.5, 0.6) is 5.75 Å². The molecule has 0 spiro atoms. The molecule has 0 aliphatic carbocycles. The van der Waals surface area contributed by atoms with Crippen LogP contribution in [0.3, 0.4) is 0 Å². The van der Waals surface area contributed by atoms with Gasteiger partial charge in [-0.25, -0.2) is 0 Å². The van der Waals surface area contributed by atoms with Gasteiger partial charge in [0.2, 0.25) is 4.90 Å². The van der Waals surface area contributed by atoms with Crippen molar-refractivity contribution < 1.29 is 9.29 Å². The van der Waals surface area contributed by atoms with Crippen molar-refractivity contribution >= 4 is 11.2 Å². The molecule has 0 aromatic heterocycles. The molecule has 2 nitrogen and oxygen atoms in total. The Labute approximate surface area is 116 Å². The maximum Gasteiger partial charge on any atom is 0.203 e. The summed E-state index contributed by atoms with van der Waals surface area (Å²) in [7, 11) is 0. The first-order valence-corrected chi connectivity index (χ1v) is 7.70. The van der Waals surface area contributed by atoms with Gasteiger partial charge in [0.25, 0.3) is 0 Å². The Kier molecular flexibility index (Phi) is 3.49. The standard InChI is InChI=1S/C16H16O2S/c1-2-10-18-14-8-5-7-13-11-12-6-3-4-9-15(12)19(17)16(13)14/h3-9H,2,10-11H2,1H3. The Hall–Kier alpha value is -1.45. The molecule has 0 saturated carbocycles. The van der Waals surface area contributed by atoms with E-state index in [1.54, 1.807) is 0 Å². The molecular weight excluding hydrogens is 256 g/mol. The van der Waals surface area contributed by atoms with E-state index in [4.69, 9.17) is 4.74 Å². The molecule has 1 atom stereocenters. The minimum absolute atomic E-state index is 0.662. The second-order valence-corrected chi connectivity index (χ2v) is 6.03. The zero-order valence-electron chi connectivity index (χ0n) is 10.9. The Balaban J connectivity index is 2.05. The van der Waals surface area contributed by atoms with Gasteiger partial charge in [-0.15, -0.1) is 0 Å². The van der Waals surface area contributed by atoms with Crippen molar-refractivity contribution in [3.8, 4) is 5.75 Å². The summed E-state index contributed by atoms with van der Waals surface area (Å²) >= 11 is -1.13. The largest absolute Gasteiger partial charge is 0.606 e. The Bertz CT molecular complexity index is 595. The smallest absolute Gasteiger partial charge is 0.203 e. The lowest BCUT2D eigenvalue weighted by atomic mass is 10.0. The summed E-state index contributed by atoms with van der Waals surface area (Å²) < 4.78 is 18.5. The highest BCUT2D eigenvalue weighted by molar-refractivity contribution is 7.91. The molecule has 98 valence electrons. The lowest BCUT2D eigenvalue weighted by Gasteiger charge is -2.23. The first kappa shape index (κ1) is 12.6. The van der Waals surface area contributed by atoms with Crippen molar-refractivity contribution in [3.05, 3.63) is 53.6 Å². The normalized spacial score (nSPS) is 16.6. The van der Waals surface area contributed by atoms with Crippen LogP contribution in [0.4, 0.5) is 0 Å². The maximum absolute atomic E-state index is 12.7. The lowest BCUT2D eigenvalue weighted by molar-refractivity contribution is 0.308. The van der Waals surface area contributed by atoms with Crippen LogP contribution >= 0.6 is 0 Å². The van der Waals surface area contributed by atoms with Crippen LogP contribution in [0.2, 0.25) is 0 Å². The fraction of sp³-hybridized carbons (Fsp3) is 0.250. The highest BCUT2D eigenvalue weighted by atomic mass is 32.2. The van der Waals surface area contributed by atoms with Gasteiger partial charge >= 0.3 is 0 Å². The van der Waals surface area contributed by atoms with Gasteiger partial charge in [-0.2, -0.15) is 0 Å². The number of ether oxygens (including phenoxy) is 1. The maximum atomic E-state index is 12.7. The van der Waals surface area contributed by atoms with Gasteiger partial charge < -0.3 is 9.29 Å². The van der Waals surface area contributed by atoms with Crippen molar-refractivity contribution in [1.29, 1.82) is 0 Å². The fourth-order valence-corrected chi connectivity index (χ4v) is 3.87. The third-order valence-corrected chi connectivity index (χ3v) is 4.89. The zero-order valence-corrected chi connectivity index (χ0v) is 11.7. The topological polar surface area (TPSA) is 32.3 Å². The average Bonchev–Trinajstić information content (AvgIpc) is 2.45. The van der Waals surface area contributed by atoms with Gasteiger partial charge in [0.1, 0.15) is 0 Å². The first-order valence-electron chi connectivity index (χ1n) is 6.55. The SMILES string of the molecule is CCCOc1cccc2c1[S+]([O-])c1ccccc1C2. The molecule has 0 fully saturated rings. The van der Waals surface area contributed by atoms with Crippen LogP contribution in [-0.4, -0.2) is 11.2 Å². The quantitative estimate of drug-likeness (QED) is 0.800. The van der Waals surface area contributed by atoms with E-state index >= 15 is 0 Å². The molecule has 2 aromatic carbocycles. The lowest BCUT2D eigenvalue weighted by Crippen LogP contribution is -2.16. The highest BCUT2D eigenvalue weighted by Gasteiger charge is 2.31. The number of hydrogen-bond acceptors (Lipinski definition) is 2. The first-order chi connectivity index (χ1) is 9.31. The van der Waals surface area contributed by atoms with E-state index in [0.717, 1.165) is 39.5 Å². The van der Waals surface area contributed by atoms with Gasteiger partial charge in [0, 0.05) is 28.7 Å². The van der Waals surface area contributed by atoms with Crippen molar-refractivity contribution in [2.45, 2.75) is 29.6 Å². The van der Waals surface area contributed by atoms with E-state index in [-0.39, 0.29) is 0 Å². The van der Waals surface area contributed by atoms with E-state index in [2.05, 4.69) is 13.0 Å². The molecule has 2 aromatic rings. The monoisotopic (exact) mass is 272 g/mol. The summed E-state index contributed by atoms with van der Waals surface area (Å²) in [4.78, 5) is 1.78. The van der Waals surface area contributed by atoms with Crippen LogP contribution in [0, 0.1) is 0 Å². The molecule has 1 heterocycles.